The molecule has 0 saturated carbocycles. The Bertz CT molecular complexity index is 558. The minimum absolute atomic E-state index is 0.323. The third-order valence-corrected chi connectivity index (χ3v) is 2.97. The van der Waals surface area contributed by atoms with Gasteiger partial charge in [-0.25, -0.2) is 4.39 Å². The smallest absolute Gasteiger partial charge is 0.370 e. The molecule has 106 valence electrons. The molecule has 0 spiro atoms. The summed E-state index contributed by atoms with van der Waals surface area (Å²) in [4.78, 5) is 1.84. The third kappa shape index (κ3) is 3.50. The molecule has 0 bridgehead atoms. The van der Waals surface area contributed by atoms with Crippen molar-refractivity contribution in [2.45, 2.75) is 12.7 Å². The van der Waals surface area contributed by atoms with Crippen LogP contribution in [0.2, 0.25) is 0 Å². The Morgan fingerprint density at radius 2 is 1.45 bits per heavy atom. The van der Waals surface area contributed by atoms with Crippen molar-refractivity contribution in [3.8, 4) is 0 Å². The average molecular weight is 283 g/mol. The fourth-order valence-corrected chi connectivity index (χ4v) is 1.86. The van der Waals surface area contributed by atoms with E-state index in [4.69, 9.17) is 0 Å². The van der Waals surface area contributed by atoms with Crippen molar-refractivity contribution < 1.29 is 17.6 Å². The van der Waals surface area contributed by atoms with Gasteiger partial charge in [-0.3, -0.25) is 0 Å². The molecular weight excluding hydrogens is 270 g/mol. The summed E-state index contributed by atoms with van der Waals surface area (Å²) in [6.07, 6.45) is -4.32. The fraction of sp³-hybridized carbons (Fsp3) is 0.200. The predicted octanol–water partition coefficient (Wildman–Crippen LogP) is 4.48. The Morgan fingerprint density at radius 1 is 0.900 bits per heavy atom. The molecular formula is C15H13F4N. The highest BCUT2D eigenvalue weighted by Crippen LogP contribution is 2.29. The van der Waals surface area contributed by atoms with Gasteiger partial charge in [-0.1, -0.05) is 12.1 Å². The third-order valence-electron chi connectivity index (χ3n) is 2.97. The fourth-order valence-electron chi connectivity index (χ4n) is 1.86. The van der Waals surface area contributed by atoms with Crippen LogP contribution in [0.3, 0.4) is 0 Å². The number of hydrogen-bond donors (Lipinski definition) is 0. The van der Waals surface area contributed by atoms with Crippen LogP contribution < -0.4 is 4.90 Å². The molecule has 5 heteroatoms. The molecule has 2 aromatic carbocycles. The van der Waals surface area contributed by atoms with Gasteiger partial charge < -0.3 is 4.90 Å². The van der Waals surface area contributed by atoms with E-state index in [1.807, 2.05) is 4.90 Å². The Kier molecular flexibility index (Phi) is 3.97. The molecule has 0 fully saturated rings. The lowest BCUT2D eigenvalue weighted by molar-refractivity contribution is -0.137. The van der Waals surface area contributed by atoms with Crippen molar-refractivity contribution >= 4 is 5.69 Å². The van der Waals surface area contributed by atoms with E-state index in [-0.39, 0.29) is 5.82 Å². The van der Waals surface area contributed by atoms with E-state index in [1.54, 1.807) is 19.2 Å². The van der Waals surface area contributed by atoms with Gasteiger partial charge in [0.2, 0.25) is 0 Å². The highest BCUT2D eigenvalue weighted by Gasteiger charge is 2.29. The van der Waals surface area contributed by atoms with E-state index in [0.717, 1.165) is 23.4 Å². The standard InChI is InChI=1S/C15H13F4N/c1-20(14-8-6-13(16)7-9-14)10-11-2-4-12(5-3-11)15(17,18)19/h2-9H,10H2,1H3. The van der Waals surface area contributed by atoms with Crippen molar-refractivity contribution in [3.05, 3.63) is 65.5 Å². The van der Waals surface area contributed by atoms with Crippen LogP contribution in [0, 0.1) is 5.82 Å². The lowest BCUT2D eigenvalue weighted by Gasteiger charge is -2.19. The second-order valence-electron chi connectivity index (χ2n) is 4.53. The summed E-state index contributed by atoms with van der Waals surface area (Å²) >= 11 is 0. The summed E-state index contributed by atoms with van der Waals surface area (Å²) in [5.74, 6) is -0.323. The molecule has 0 atom stereocenters. The van der Waals surface area contributed by atoms with Gasteiger partial charge in [0.1, 0.15) is 5.82 Å². The number of halogens is 4. The molecule has 0 aliphatic heterocycles. The minimum atomic E-state index is -4.32. The van der Waals surface area contributed by atoms with Gasteiger partial charge in [0, 0.05) is 19.3 Å². The maximum absolute atomic E-state index is 12.8. The van der Waals surface area contributed by atoms with Crippen molar-refractivity contribution in [3.63, 3.8) is 0 Å². The summed E-state index contributed by atoms with van der Waals surface area (Å²) in [7, 11) is 1.80. The first kappa shape index (κ1) is 14.4. The lowest BCUT2D eigenvalue weighted by atomic mass is 10.1. The number of rotatable bonds is 3. The summed E-state index contributed by atoms with van der Waals surface area (Å²) < 4.78 is 50.1. The molecule has 0 unspecified atom stereocenters. The van der Waals surface area contributed by atoms with Crippen LogP contribution in [0.15, 0.2) is 48.5 Å². The SMILES string of the molecule is CN(Cc1ccc(C(F)(F)F)cc1)c1ccc(F)cc1. The molecule has 0 aliphatic rings. The van der Waals surface area contributed by atoms with E-state index < -0.39 is 11.7 Å². The van der Waals surface area contributed by atoms with Crippen LogP contribution >= 0.6 is 0 Å². The Labute approximate surface area is 114 Å². The number of nitrogens with zero attached hydrogens (tertiary/aromatic N) is 1. The molecule has 0 saturated heterocycles. The molecule has 2 rings (SSSR count). The van der Waals surface area contributed by atoms with Crippen LogP contribution in [0.5, 0.6) is 0 Å². The predicted molar refractivity (Wildman–Crippen MR) is 70.0 cm³/mol. The van der Waals surface area contributed by atoms with Gasteiger partial charge >= 0.3 is 6.18 Å². The first-order valence-electron chi connectivity index (χ1n) is 5.99. The van der Waals surface area contributed by atoms with Crippen molar-refractivity contribution in [1.29, 1.82) is 0 Å². The van der Waals surface area contributed by atoms with Gasteiger partial charge in [0.15, 0.2) is 0 Å². The lowest BCUT2D eigenvalue weighted by Crippen LogP contribution is -2.16. The van der Waals surface area contributed by atoms with Gasteiger partial charge in [-0.2, -0.15) is 13.2 Å². The largest absolute Gasteiger partial charge is 0.416 e. The van der Waals surface area contributed by atoms with E-state index in [9.17, 15) is 17.6 Å². The highest BCUT2D eigenvalue weighted by molar-refractivity contribution is 5.46. The molecule has 2 aromatic rings. The van der Waals surface area contributed by atoms with Gasteiger partial charge in [0.25, 0.3) is 0 Å². The van der Waals surface area contributed by atoms with Crippen LogP contribution in [0.1, 0.15) is 11.1 Å². The normalized spacial score (nSPS) is 11.4. The molecule has 0 aromatic heterocycles. The molecule has 0 radical (unpaired) electrons. The Balaban J connectivity index is 2.08. The van der Waals surface area contributed by atoms with Crippen LogP contribution in [0.4, 0.5) is 23.2 Å². The Morgan fingerprint density at radius 3 is 1.95 bits per heavy atom. The quantitative estimate of drug-likeness (QED) is 0.751. The minimum Gasteiger partial charge on any atom is -0.370 e. The highest BCUT2D eigenvalue weighted by atomic mass is 19.4. The summed E-state index contributed by atoms with van der Waals surface area (Å²) in [6.45, 7) is 0.448. The zero-order chi connectivity index (χ0) is 14.8. The van der Waals surface area contributed by atoms with Gasteiger partial charge in [0.05, 0.1) is 5.56 Å². The zero-order valence-corrected chi connectivity index (χ0v) is 10.8. The van der Waals surface area contributed by atoms with Crippen molar-refractivity contribution in [1.82, 2.24) is 0 Å². The van der Waals surface area contributed by atoms with E-state index >= 15 is 0 Å². The first-order chi connectivity index (χ1) is 9.36. The maximum atomic E-state index is 12.8. The average Bonchev–Trinajstić information content (AvgIpc) is 2.39. The second kappa shape index (κ2) is 5.53. The van der Waals surface area contributed by atoms with E-state index in [0.29, 0.717) is 6.54 Å². The number of hydrogen-bond acceptors (Lipinski definition) is 1. The molecule has 0 heterocycles. The topological polar surface area (TPSA) is 3.24 Å². The van der Waals surface area contributed by atoms with Crippen molar-refractivity contribution in [2.75, 3.05) is 11.9 Å². The van der Waals surface area contributed by atoms with Gasteiger partial charge in [-0.05, 0) is 42.0 Å². The number of alkyl halides is 3. The Hall–Kier alpha value is -2.04. The zero-order valence-electron chi connectivity index (χ0n) is 10.8. The first-order valence-corrected chi connectivity index (χ1v) is 5.99. The van der Waals surface area contributed by atoms with Gasteiger partial charge in [-0.15, -0.1) is 0 Å². The van der Waals surface area contributed by atoms with Crippen molar-refractivity contribution in [2.24, 2.45) is 0 Å². The summed E-state index contributed by atoms with van der Waals surface area (Å²) in [5, 5.41) is 0. The van der Waals surface area contributed by atoms with Crippen LogP contribution in [0.25, 0.3) is 0 Å². The van der Waals surface area contributed by atoms with Crippen LogP contribution in [-0.4, -0.2) is 7.05 Å². The monoisotopic (exact) mass is 283 g/mol. The number of anilines is 1. The number of benzene rings is 2. The molecule has 1 nitrogen and oxygen atoms in total. The van der Waals surface area contributed by atoms with Crippen LogP contribution in [-0.2, 0) is 12.7 Å². The molecule has 0 N–H and O–H groups in total. The molecule has 20 heavy (non-hydrogen) atoms. The molecule has 0 amide bonds. The second-order valence-corrected chi connectivity index (χ2v) is 4.53. The van der Waals surface area contributed by atoms with E-state index in [2.05, 4.69) is 0 Å². The maximum Gasteiger partial charge on any atom is 0.416 e. The summed E-state index contributed by atoms with van der Waals surface area (Å²) in [5.41, 5.74) is 0.891. The summed E-state index contributed by atoms with van der Waals surface area (Å²) in [6, 6.07) is 11.0. The molecule has 0 aliphatic carbocycles. The van der Waals surface area contributed by atoms with E-state index in [1.165, 1.54) is 24.3 Å².